The number of benzene rings is 3. The summed E-state index contributed by atoms with van der Waals surface area (Å²) in [5, 5.41) is 0. The first-order valence-electron chi connectivity index (χ1n) is 12.4. The van der Waals surface area contributed by atoms with E-state index in [0.29, 0.717) is 29.0 Å². The zero-order chi connectivity index (χ0) is 27.0. The van der Waals surface area contributed by atoms with Crippen LogP contribution in [0.15, 0.2) is 78.9 Å². The molecule has 3 aromatic carbocycles. The van der Waals surface area contributed by atoms with Crippen LogP contribution in [0.5, 0.6) is 5.75 Å². The van der Waals surface area contributed by atoms with Crippen LogP contribution in [0.25, 0.3) is 0 Å². The summed E-state index contributed by atoms with van der Waals surface area (Å²) < 4.78 is 41.9. The molecule has 7 nitrogen and oxygen atoms in total. The van der Waals surface area contributed by atoms with Crippen LogP contribution >= 0.6 is 12.4 Å². The SMILES string of the molecule is CC(C)N(CCC(c1ccccc1)c1cc(COS(=O)(=O)O)ccc1OC(=O)c1ccccc1)C(C)C.Cl. The van der Waals surface area contributed by atoms with Gasteiger partial charge in [-0.05, 0) is 76.1 Å². The number of hydrogen-bond acceptors (Lipinski definition) is 6. The predicted molar refractivity (Wildman–Crippen MR) is 151 cm³/mol. The van der Waals surface area contributed by atoms with Gasteiger partial charge in [0.1, 0.15) is 5.75 Å². The van der Waals surface area contributed by atoms with Gasteiger partial charge in [-0.25, -0.2) is 8.98 Å². The summed E-state index contributed by atoms with van der Waals surface area (Å²) in [6.07, 6.45) is 0.735. The maximum atomic E-state index is 12.9. The van der Waals surface area contributed by atoms with E-state index < -0.39 is 16.4 Å². The van der Waals surface area contributed by atoms with Crippen molar-refractivity contribution in [1.29, 1.82) is 0 Å². The minimum atomic E-state index is -4.61. The van der Waals surface area contributed by atoms with Crippen molar-refractivity contribution in [3.8, 4) is 5.75 Å². The van der Waals surface area contributed by atoms with Crippen LogP contribution in [-0.2, 0) is 21.2 Å². The van der Waals surface area contributed by atoms with E-state index in [1.165, 1.54) is 0 Å². The molecule has 0 aliphatic carbocycles. The largest absolute Gasteiger partial charge is 0.423 e. The Morgan fingerprint density at radius 1 is 0.895 bits per heavy atom. The standard InChI is InChI=1S/C29H35NO6S.ClH/c1-21(2)30(22(3)4)18-17-26(24-11-7-5-8-12-24)27-19-23(20-35-37(32,33)34)15-16-28(27)36-29(31)25-13-9-6-10-14-25;/h5-16,19,21-22,26H,17-18,20H2,1-4H3,(H,32,33,34);1H. The summed E-state index contributed by atoms with van der Waals surface area (Å²) in [5.41, 5.74) is 2.73. The summed E-state index contributed by atoms with van der Waals surface area (Å²) in [4.78, 5) is 15.3. The average molecular weight is 562 g/mol. The predicted octanol–water partition coefficient (Wildman–Crippen LogP) is 6.29. The molecule has 0 aliphatic heterocycles. The quantitative estimate of drug-likeness (QED) is 0.158. The molecule has 0 heterocycles. The van der Waals surface area contributed by atoms with Gasteiger partial charge in [-0.2, -0.15) is 8.42 Å². The fourth-order valence-corrected chi connectivity index (χ4v) is 4.79. The van der Waals surface area contributed by atoms with E-state index in [1.807, 2.05) is 36.4 Å². The molecular weight excluding hydrogens is 526 g/mol. The Morgan fingerprint density at radius 2 is 1.47 bits per heavy atom. The zero-order valence-electron chi connectivity index (χ0n) is 22.1. The van der Waals surface area contributed by atoms with Crippen LogP contribution in [0.4, 0.5) is 0 Å². The number of ether oxygens (including phenoxy) is 1. The molecule has 1 atom stereocenters. The lowest BCUT2D eigenvalue weighted by molar-refractivity contribution is 0.0732. The van der Waals surface area contributed by atoms with Gasteiger partial charge in [-0.3, -0.25) is 9.45 Å². The highest BCUT2D eigenvalue weighted by Crippen LogP contribution is 2.36. The van der Waals surface area contributed by atoms with E-state index in [9.17, 15) is 13.2 Å². The maximum absolute atomic E-state index is 12.9. The number of halogens is 1. The second kappa shape index (κ2) is 14.4. The fraction of sp³-hybridized carbons (Fsp3) is 0.345. The smallest absolute Gasteiger partial charge is 0.397 e. The van der Waals surface area contributed by atoms with Gasteiger partial charge in [0.15, 0.2) is 0 Å². The monoisotopic (exact) mass is 561 g/mol. The van der Waals surface area contributed by atoms with Crippen molar-refractivity contribution in [1.82, 2.24) is 4.90 Å². The molecule has 0 aromatic heterocycles. The lowest BCUT2D eigenvalue weighted by atomic mass is 9.86. The Labute approximate surface area is 232 Å². The fourth-order valence-electron chi connectivity index (χ4n) is 4.51. The van der Waals surface area contributed by atoms with Crippen LogP contribution in [0.2, 0.25) is 0 Å². The number of esters is 1. The third-order valence-corrected chi connectivity index (χ3v) is 6.66. The maximum Gasteiger partial charge on any atom is 0.397 e. The topological polar surface area (TPSA) is 93.1 Å². The number of carbonyl (C=O) groups is 1. The van der Waals surface area contributed by atoms with Crippen molar-refractivity contribution in [2.24, 2.45) is 0 Å². The van der Waals surface area contributed by atoms with Crippen LogP contribution in [0.1, 0.15) is 67.1 Å². The molecule has 0 amide bonds. The summed E-state index contributed by atoms with van der Waals surface area (Å²) >= 11 is 0. The molecule has 0 saturated carbocycles. The number of carbonyl (C=O) groups excluding carboxylic acids is 1. The van der Waals surface area contributed by atoms with Crippen LogP contribution in [0.3, 0.4) is 0 Å². The molecule has 9 heteroatoms. The van der Waals surface area contributed by atoms with E-state index >= 15 is 0 Å². The summed E-state index contributed by atoms with van der Waals surface area (Å²) in [7, 11) is -4.61. The molecule has 0 radical (unpaired) electrons. The van der Waals surface area contributed by atoms with Gasteiger partial charge >= 0.3 is 16.4 Å². The van der Waals surface area contributed by atoms with E-state index in [4.69, 9.17) is 9.29 Å². The van der Waals surface area contributed by atoms with Crippen molar-refractivity contribution in [3.63, 3.8) is 0 Å². The Hall–Kier alpha value is -2.75. The highest BCUT2D eigenvalue weighted by Gasteiger charge is 2.24. The minimum absolute atomic E-state index is 0. The summed E-state index contributed by atoms with van der Waals surface area (Å²) in [5.74, 6) is -0.244. The molecule has 206 valence electrons. The minimum Gasteiger partial charge on any atom is -0.423 e. The molecule has 0 aliphatic rings. The van der Waals surface area contributed by atoms with Crippen molar-refractivity contribution in [2.75, 3.05) is 6.54 Å². The van der Waals surface area contributed by atoms with Crippen LogP contribution in [0, 0.1) is 0 Å². The summed E-state index contributed by atoms with van der Waals surface area (Å²) in [6, 6.07) is 24.4. The molecule has 1 N–H and O–H groups in total. The van der Waals surface area contributed by atoms with Gasteiger partial charge in [0.05, 0.1) is 12.2 Å². The lowest BCUT2D eigenvalue weighted by Gasteiger charge is -2.32. The van der Waals surface area contributed by atoms with Gasteiger partial charge in [-0.1, -0.05) is 54.6 Å². The van der Waals surface area contributed by atoms with Crippen molar-refractivity contribution >= 4 is 28.8 Å². The Morgan fingerprint density at radius 3 is 2.03 bits per heavy atom. The average Bonchev–Trinajstić information content (AvgIpc) is 2.86. The van der Waals surface area contributed by atoms with Gasteiger partial charge in [-0.15, -0.1) is 12.4 Å². The van der Waals surface area contributed by atoms with Crippen molar-refractivity contribution < 1.29 is 26.7 Å². The van der Waals surface area contributed by atoms with Gasteiger partial charge in [0.25, 0.3) is 0 Å². The van der Waals surface area contributed by atoms with Gasteiger partial charge < -0.3 is 4.74 Å². The first-order chi connectivity index (χ1) is 17.5. The van der Waals surface area contributed by atoms with Gasteiger partial charge in [0.2, 0.25) is 0 Å². The van der Waals surface area contributed by atoms with E-state index in [-0.39, 0.29) is 24.9 Å². The van der Waals surface area contributed by atoms with Crippen molar-refractivity contribution in [2.45, 2.75) is 58.7 Å². The van der Waals surface area contributed by atoms with E-state index in [2.05, 4.69) is 36.8 Å². The number of hydrogen-bond donors (Lipinski definition) is 1. The molecule has 3 aromatic rings. The highest BCUT2D eigenvalue weighted by atomic mass is 35.5. The third kappa shape index (κ3) is 9.22. The molecule has 0 spiro atoms. The van der Waals surface area contributed by atoms with Crippen molar-refractivity contribution in [3.05, 3.63) is 101 Å². The molecule has 1 unspecified atom stereocenters. The summed E-state index contributed by atoms with van der Waals surface area (Å²) in [6.45, 7) is 9.11. The molecular formula is C29H36ClNO6S. The molecule has 0 fully saturated rings. The van der Waals surface area contributed by atoms with Crippen LogP contribution in [-0.4, -0.2) is 42.5 Å². The molecule has 0 saturated heterocycles. The van der Waals surface area contributed by atoms with Gasteiger partial charge in [0, 0.05) is 23.6 Å². The molecule has 3 rings (SSSR count). The normalized spacial score (nSPS) is 12.4. The second-order valence-electron chi connectivity index (χ2n) is 9.49. The first-order valence-corrected chi connectivity index (χ1v) is 13.7. The first kappa shape index (κ1) is 31.5. The number of rotatable bonds is 12. The number of nitrogens with zero attached hydrogens (tertiary/aromatic N) is 1. The van der Waals surface area contributed by atoms with E-state index in [0.717, 1.165) is 24.1 Å². The third-order valence-electron chi connectivity index (χ3n) is 6.24. The van der Waals surface area contributed by atoms with Crippen LogP contribution < -0.4 is 4.74 Å². The second-order valence-corrected chi connectivity index (χ2v) is 10.6. The molecule has 38 heavy (non-hydrogen) atoms. The highest BCUT2D eigenvalue weighted by molar-refractivity contribution is 7.80. The lowest BCUT2D eigenvalue weighted by Crippen LogP contribution is -2.38. The Balaban J connectivity index is 0.00000507. The molecule has 0 bridgehead atoms. The Bertz CT molecular complexity index is 1260. The Kier molecular flexibility index (Phi) is 11.9. The van der Waals surface area contributed by atoms with E-state index in [1.54, 1.807) is 42.5 Å². The zero-order valence-corrected chi connectivity index (χ0v) is 23.7.